The van der Waals surface area contributed by atoms with Gasteiger partial charge in [-0.2, -0.15) is 0 Å². The van der Waals surface area contributed by atoms with Crippen LogP contribution in [-0.4, -0.2) is 34.6 Å². The van der Waals surface area contributed by atoms with Crippen LogP contribution in [0.1, 0.15) is 38.5 Å². The zero-order valence-electron chi connectivity index (χ0n) is 11.7. The highest BCUT2D eigenvalue weighted by Crippen LogP contribution is 2.22. The minimum Gasteiger partial charge on any atom is -0.387 e. The third kappa shape index (κ3) is 4.25. The Morgan fingerprint density at radius 2 is 2.05 bits per heavy atom. The number of likely N-dealkylation sites (tertiary alicyclic amines) is 1. The van der Waals surface area contributed by atoms with Gasteiger partial charge >= 0.3 is 0 Å². The Morgan fingerprint density at radius 1 is 1.37 bits per heavy atom. The minimum absolute atomic E-state index is 0.366. The molecular formula is C15H23FN2O. The second kappa shape index (κ2) is 6.44. The van der Waals surface area contributed by atoms with Gasteiger partial charge in [0, 0.05) is 19.6 Å². The fourth-order valence-electron chi connectivity index (χ4n) is 3.01. The second-order valence-corrected chi connectivity index (χ2v) is 5.91. The molecule has 0 spiro atoms. The van der Waals surface area contributed by atoms with Crippen molar-refractivity contribution in [3.63, 3.8) is 0 Å². The van der Waals surface area contributed by atoms with Crippen LogP contribution in [0, 0.1) is 17.7 Å². The van der Waals surface area contributed by atoms with Gasteiger partial charge in [0.2, 0.25) is 0 Å². The molecule has 4 heteroatoms. The number of aliphatic hydroxyl groups excluding tert-OH is 1. The summed E-state index contributed by atoms with van der Waals surface area (Å²) in [5.74, 6) is 1.09. The van der Waals surface area contributed by atoms with Crippen molar-refractivity contribution < 1.29 is 9.50 Å². The molecule has 0 radical (unpaired) electrons. The van der Waals surface area contributed by atoms with Gasteiger partial charge in [0.15, 0.2) is 0 Å². The van der Waals surface area contributed by atoms with Crippen molar-refractivity contribution in [1.29, 1.82) is 0 Å². The first-order valence-corrected chi connectivity index (χ1v) is 7.06. The van der Waals surface area contributed by atoms with Gasteiger partial charge in [0.1, 0.15) is 5.82 Å². The standard InChI is InChI=1S/C15H23FN2O/c1-11-7-12(2)10-18(9-11)6-5-15(19)14-4-3-13(16)8-17-14/h3-4,8,11-12,15,19H,5-7,9-10H2,1-2H3. The smallest absolute Gasteiger partial charge is 0.141 e. The van der Waals surface area contributed by atoms with Gasteiger partial charge in [-0.25, -0.2) is 4.39 Å². The molecule has 1 aliphatic heterocycles. The molecule has 1 fully saturated rings. The highest BCUT2D eigenvalue weighted by molar-refractivity contribution is 5.07. The predicted octanol–water partition coefficient (Wildman–Crippen LogP) is 2.62. The topological polar surface area (TPSA) is 36.4 Å². The number of halogens is 1. The van der Waals surface area contributed by atoms with Crippen LogP contribution in [0.25, 0.3) is 0 Å². The van der Waals surface area contributed by atoms with Crippen LogP contribution >= 0.6 is 0 Å². The van der Waals surface area contributed by atoms with E-state index in [2.05, 4.69) is 23.7 Å². The van der Waals surface area contributed by atoms with Gasteiger partial charge in [0.05, 0.1) is 18.0 Å². The van der Waals surface area contributed by atoms with Gasteiger partial charge in [-0.15, -0.1) is 0 Å². The van der Waals surface area contributed by atoms with Crippen LogP contribution in [-0.2, 0) is 0 Å². The van der Waals surface area contributed by atoms with Crippen LogP contribution in [0.5, 0.6) is 0 Å². The Bertz CT molecular complexity index is 386. The predicted molar refractivity (Wildman–Crippen MR) is 73.2 cm³/mol. The summed E-state index contributed by atoms with van der Waals surface area (Å²) in [5.41, 5.74) is 0.555. The van der Waals surface area contributed by atoms with E-state index in [1.54, 1.807) is 6.07 Å². The fourth-order valence-corrected chi connectivity index (χ4v) is 3.01. The van der Waals surface area contributed by atoms with Crippen molar-refractivity contribution in [2.24, 2.45) is 11.8 Å². The monoisotopic (exact) mass is 266 g/mol. The van der Waals surface area contributed by atoms with Crippen LogP contribution in [0.4, 0.5) is 4.39 Å². The largest absolute Gasteiger partial charge is 0.387 e. The lowest BCUT2D eigenvalue weighted by Crippen LogP contribution is -2.39. The maximum Gasteiger partial charge on any atom is 0.141 e. The average Bonchev–Trinajstić information content (AvgIpc) is 2.36. The summed E-state index contributed by atoms with van der Waals surface area (Å²) in [6, 6.07) is 2.90. The Balaban J connectivity index is 1.83. The summed E-state index contributed by atoms with van der Waals surface area (Å²) >= 11 is 0. The number of aromatic nitrogens is 1. The number of hydrogen-bond donors (Lipinski definition) is 1. The maximum absolute atomic E-state index is 12.8. The fraction of sp³-hybridized carbons (Fsp3) is 0.667. The van der Waals surface area contributed by atoms with E-state index in [-0.39, 0.29) is 5.82 Å². The number of piperidine rings is 1. The van der Waals surface area contributed by atoms with Gasteiger partial charge in [-0.1, -0.05) is 13.8 Å². The van der Waals surface area contributed by atoms with Crippen molar-refractivity contribution in [1.82, 2.24) is 9.88 Å². The summed E-state index contributed by atoms with van der Waals surface area (Å²) in [6.45, 7) is 7.64. The number of nitrogens with zero attached hydrogens (tertiary/aromatic N) is 2. The third-order valence-electron chi connectivity index (χ3n) is 3.75. The highest BCUT2D eigenvalue weighted by atomic mass is 19.1. The molecule has 3 unspecified atom stereocenters. The molecule has 1 saturated heterocycles. The molecule has 0 aromatic carbocycles. The molecule has 3 atom stereocenters. The van der Waals surface area contributed by atoms with E-state index in [0.717, 1.165) is 37.7 Å². The normalized spacial score (nSPS) is 26.3. The lowest BCUT2D eigenvalue weighted by molar-refractivity contribution is 0.101. The first kappa shape index (κ1) is 14.4. The molecule has 0 saturated carbocycles. The number of pyridine rings is 1. The van der Waals surface area contributed by atoms with Gasteiger partial charge in [0.25, 0.3) is 0 Å². The first-order chi connectivity index (χ1) is 9.04. The number of aliphatic hydroxyl groups is 1. The van der Waals surface area contributed by atoms with E-state index in [4.69, 9.17) is 0 Å². The molecule has 1 N–H and O–H groups in total. The van der Waals surface area contributed by atoms with Crippen molar-refractivity contribution in [2.75, 3.05) is 19.6 Å². The van der Waals surface area contributed by atoms with Crippen LogP contribution < -0.4 is 0 Å². The second-order valence-electron chi connectivity index (χ2n) is 5.91. The quantitative estimate of drug-likeness (QED) is 0.910. The molecule has 0 aliphatic carbocycles. The molecule has 0 amide bonds. The SMILES string of the molecule is CC1CC(C)CN(CCC(O)c2ccc(F)cn2)C1. The van der Waals surface area contributed by atoms with E-state index in [0.29, 0.717) is 12.1 Å². The summed E-state index contributed by atoms with van der Waals surface area (Å²) in [6.07, 6.45) is 2.49. The van der Waals surface area contributed by atoms with Crippen molar-refractivity contribution in [3.8, 4) is 0 Å². The molecule has 1 aromatic heterocycles. The summed E-state index contributed by atoms with van der Waals surface area (Å²) in [5, 5.41) is 10.1. The van der Waals surface area contributed by atoms with E-state index < -0.39 is 6.10 Å². The average molecular weight is 266 g/mol. The maximum atomic E-state index is 12.8. The highest BCUT2D eigenvalue weighted by Gasteiger charge is 2.22. The summed E-state index contributed by atoms with van der Waals surface area (Å²) < 4.78 is 12.8. The molecule has 1 aromatic rings. The number of rotatable bonds is 4. The molecule has 2 rings (SSSR count). The zero-order chi connectivity index (χ0) is 13.8. The Morgan fingerprint density at radius 3 is 2.63 bits per heavy atom. The van der Waals surface area contributed by atoms with Gasteiger partial charge < -0.3 is 10.0 Å². The Kier molecular flexibility index (Phi) is 4.88. The third-order valence-corrected chi connectivity index (χ3v) is 3.75. The Hall–Kier alpha value is -1.00. The molecule has 3 nitrogen and oxygen atoms in total. The minimum atomic E-state index is -0.604. The summed E-state index contributed by atoms with van der Waals surface area (Å²) in [7, 11) is 0. The van der Waals surface area contributed by atoms with Gasteiger partial charge in [-0.3, -0.25) is 4.98 Å². The molecule has 0 bridgehead atoms. The van der Waals surface area contributed by atoms with Gasteiger partial charge in [-0.05, 0) is 36.8 Å². The molecule has 106 valence electrons. The van der Waals surface area contributed by atoms with E-state index >= 15 is 0 Å². The van der Waals surface area contributed by atoms with Crippen LogP contribution in [0.2, 0.25) is 0 Å². The van der Waals surface area contributed by atoms with Crippen molar-refractivity contribution >= 4 is 0 Å². The molecule has 19 heavy (non-hydrogen) atoms. The van der Waals surface area contributed by atoms with Crippen LogP contribution in [0.3, 0.4) is 0 Å². The van der Waals surface area contributed by atoms with E-state index in [1.807, 2.05) is 0 Å². The number of hydrogen-bond acceptors (Lipinski definition) is 3. The molecule has 1 aliphatic rings. The van der Waals surface area contributed by atoms with Crippen molar-refractivity contribution in [2.45, 2.75) is 32.8 Å². The molecular weight excluding hydrogens is 243 g/mol. The summed E-state index contributed by atoms with van der Waals surface area (Å²) in [4.78, 5) is 6.34. The zero-order valence-corrected chi connectivity index (χ0v) is 11.7. The van der Waals surface area contributed by atoms with E-state index in [1.165, 1.54) is 12.5 Å². The van der Waals surface area contributed by atoms with E-state index in [9.17, 15) is 9.50 Å². The van der Waals surface area contributed by atoms with Crippen molar-refractivity contribution in [3.05, 3.63) is 29.8 Å². The lowest BCUT2D eigenvalue weighted by Gasteiger charge is -2.35. The lowest BCUT2D eigenvalue weighted by atomic mass is 9.92. The Labute approximate surface area is 114 Å². The first-order valence-electron chi connectivity index (χ1n) is 7.06. The molecule has 2 heterocycles. The van der Waals surface area contributed by atoms with Crippen LogP contribution in [0.15, 0.2) is 18.3 Å².